The fourth-order valence-corrected chi connectivity index (χ4v) is 1.16. The van der Waals surface area contributed by atoms with Crippen molar-refractivity contribution in [2.75, 3.05) is 6.54 Å². The third-order valence-electron chi connectivity index (χ3n) is 1.75. The second-order valence-corrected chi connectivity index (χ2v) is 2.62. The standard InChI is InChI=1S/C10H10N2/c1-2-4-9(5-3-1)10-8-11-6-7-12-10/h1-5,7-8,11H,6H2. The molecule has 0 aliphatic carbocycles. The Morgan fingerprint density at radius 3 is 2.67 bits per heavy atom. The molecule has 1 heterocycles. The van der Waals surface area contributed by atoms with Gasteiger partial charge in [-0.3, -0.25) is 4.99 Å². The van der Waals surface area contributed by atoms with Gasteiger partial charge in [0.05, 0.1) is 5.70 Å². The minimum Gasteiger partial charge on any atom is -0.384 e. The number of nitrogens with one attached hydrogen (secondary N) is 1. The van der Waals surface area contributed by atoms with Gasteiger partial charge in [0.25, 0.3) is 0 Å². The molecule has 2 rings (SSSR count). The summed E-state index contributed by atoms with van der Waals surface area (Å²) in [7, 11) is 0. The summed E-state index contributed by atoms with van der Waals surface area (Å²) >= 11 is 0. The molecule has 0 bridgehead atoms. The first kappa shape index (κ1) is 7.10. The topological polar surface area (TPSA) is 24.4 Å². The van der Waals surface area contributed by atoms with Crippen molar-refractivity contribution in [1.29, 1.82) is 0 Å². The first-order valence-electron chi connectivity index (χ1n) is 3.98. The van der Waals surface area contributed by atoms with Gasteiger partial charge in [-0.15, -0.1) is 0 Å². The molecule has 0 amide bonds. The van der Waals surface area contributed by atoms with Gasteiger partial charge in [0, 0.05) is 24.5 Å². The van der Waals surface area contributed by atoms with E-state index in [2.05, 4.69) is 22.4 Å². The van der Waals surface area contributed by atoms with Crippen LogP contribution in [0.4, 0.5) is 0 Å². The molecule has 2 nitrogen and oxygen atoms in total. The molecule has 1 aromatic carbocycles. The third kappa shape index (κ3) is 1.37. The van der Waals surface area contributed by atoms with Crippen molar-refractivity contribution in [3.63, 3.8) is 0 Å². The summed E-state index contributed by atoms with van der Waals surface area (Å²) in [5, 5.41) is 3.12. The van der Waals surface area contributed by atoms with Gasteiger partial charge >= 0.3 is 0 Å². The second-order valence-electron chi connectivity index (χ2n) is 2.62. The summed E-state index contributed by atoms with van der Waals surface area (Å²) in [5.41, 5.74) is 2.16. The summed E-state index contributed by atoms with van der Waals surface area (Å²) in [6.45, 7) is 0.830. The molecule has 12 heavy (non-hydrogen) atoms. The van der Waals surface area contributed by atoms with Gasteiger partial charge in [-0.1, -0.05) is 30.3 Å². The van der Waals surface area contributed by atoms with E-state index in [9.17, 15) is 0 Å². The van der Waals surface area contributed by atoms with Gasteiger partial charge in [-0.25, -0.2) is 0 Å². The van der Waals surface area contributed by atoms with Crippen molar-refractivity contribution in [1.82, 2.24) is 5.32 Å². The quantitative estimate of drug-likeness (QED) is 0.660. The Bertz CT molecular complexity index is 312. The van der Waals surface area contributed by atoms with E-state index in [1.165, 1.54) is 0 Å². The molecule has 60 valence electrons. The summed E-state index contributed by atoms with van der Waals surface area (Å²) in [6.07, 6.45) is 3.82. The summed E-state index contributed by atoms with van der Waals surface area (Å²) in [6, 6.07) is 10.1. The lowest BCUT2D eigenvalue weighted by Crippen LogP contribution is -2.12. The Morgan fingerprint density at radius 2 is 2.00 bits per heavy atom. The van der Waals surface area contributed by atoms with Crippen LogP contribution in [0.15, 0.2) is 41.5 Å². The van der Waals surface area contributed by atoms with Gasteiger partial charge in [-0.2, -0.15) is 0 Å². The maximum absolute atomic E-state index is 4.27. The first-order chi connectivity index (χ1) is 5.97. The van der Waals surface area contributed by atoms with Gasteiger partial charge < -0.3 is 5.32 Å². The van der Waals surface area contributed by atoms with Crippen LogP contribution >= 0.6 is 0 Å². The number of rotatable bonds is 1. The Morgan fingerprint density at radius 1 is 1.17 bits per heavy atom. The third-order valence-corrected chi connectivity index (χ3v) is 1.75. The molecule has 0 saturated carbocycles. The SMILES string of the molecule is C1=NC(c2ccccc2)=CNC1. The van der Waals surface area contributed by atoms with E-state index in [0.717, 1.165) is 17.8 Å². The first-order valence-corrected chi connectivity index (χ1v) is 3.98. The largest absolute Gasteiger partial charge is 0.384 e. The van der Waals surface area contributed by atoms with Gasteiger partial charge in [-0.05, 0) is 0 Å². The van der Waals surface area contributed by atoms with Crippen LogP contribution in [-0.2, 0) is 0 Å². The molecule has 1 aliphatic heterocycles. The fourth-order valence-electron chi connectivity index (χ4n) is 1.16. The van der Waals surface area contributed by atoms with E-state index in [1.807, 2.05) is 30.6 Å². The van der Waals surface area contributed by atoms with E-state index in [1.54, 1.807) is 0 Å². The normalized spacial score (nSPS) is 15.2. The van der Waals surface area contributed by atoms with E-state index < -0.39 is 0 Å². The Labute approximate surface area is 71.6 Å². The minimum absolute atomic E-state index is 0.830. The molecule has 0 spiro atoms. The van der Waals surface area contributed by atoms with Crippen LogP contribution in [0.25, 0.3) is 5.70 Å². The molecule has 0 radical (unpaired) electrons. The van der Waals surface area contributed by atoms with Crippen molar-refractivity contribution in [3.8, 4) is 0 Å². The molecule has 1 aromatic rings. The zero-order valence-electron chi connectivity index (χ0n) is 6.70. The molecule has 0 aromatic heterocycles. The minimum atomic E-state index is 0.830. The van der Waals surface area contributed by atoms with Crippen LogP contribution < -0.4 is 5.32 Å². The average Bonchev–Trinajstić information content (AvgIpc) is 2.21. The highest BCUT2D eigenvalue weighted by atomic mass is 14.9. The molecule has 0 atom stereocenters. The van der Waals surface area contributed by atoms with Crippen LogP contribution in [0.5, 0.6) is 0 Å². The number of hydrogen-bond donors (Lipinski definition) is 1. The highest BCUT2D eigenvalue weighted by molar-refractivity contribution is 5.76. The lowest BCUT2D eigenvalue weighted by molar-refractivity contribution is 1.01. The number of hydrogen-bond acceptors (Lipinski definition) is 2. The summed E-state index contributed by atoms with van der Waals surface area (Å²) in [5.74, 6) is 0. The molecule has 0 fully saturated rings. The van der Waals surface area contributed by atoms with E-state index in [0.29, 0.717) is 0 Å². The van der Waals surface area contributed by atoms with Crippen molar-refractivity contribution in [3.05, 3.63) is 42.1 Å². The molecule has 0 unspecified atom stereocenters. The van der Waals surface area contributed by atoms with Crippen molar-refractivity contribution in [2.24, 2.45) is 4.99 Å². The smallest absolute Gasteiger partial charge is 0.0855 e. The lowest BCUT2D eigenvalue weighted by atomic mass is 10.2. The summed E-state index contributed by atoms with van der Waals surface area (Å²) in [4.78, 5) is 4.27. The molecule has 1 N–H and O–H groups in total. The number of benzene rings is 1. The molecular weight excluding hydrogens is 148 g/mol. The van der Waals surface area contributed by atoms with E-state index in [4.69, 9.17) is 0 Å². The Balaban J connectivity index is 2.31. The predicted octanol–water partition coefficient (Wildman–Crippen LogP) is 1.66. The number of nitrogens with zero attached hydrogens (tertiary/aromatic N) is 1. The Hall–Kier alpha value is -1.57. The highest BCUT2D eigenvalue weighted by Gasteiger charge is 1.99. The van der Waals surface area contributed by atoms with Gasteiger partial charge in [0.2, 0.25) is 0 Å². The maximum atomic E-state index is 4.27. The van der Waals surface area contributed by atoms with Crippen LogP contribution in [0, 0.1) is 0 Å². The van der Waals surface area contributed by atoms with E-state index >= 15 is 0 Å². The zero-order valence-corrected chi connectivity index (χ0v) is 6.70. The predicted molar refractivity (Wildman–Crippen MR) is 50.9 cm³/mol. The molecule has 0 saturated heterocycles. The van der Waals surface area contributed by atoms with E-state index in [-0.39, 0.29) is 0 Å². The second kappa shape index (κ2) is 3.22. The zero-order chi connectivity index (χ0) is 8.23. The van der Waals surface area contributed by atoms with Crippen molar-refractivity contribution < 1.29 is 0 Å². The van der Waals surface area contributed by atoms with Gasteiger partial charge in [0.1, 0.15) is 0 Å². The van der Waals surface area contributed by atoms with Crippen molar-refractivity contribution >= 4 is 11.9 Å². The van der Waals surface area contributed by atoms with Crippen molar-refractivity contribution in [2.45, 2.75) is 0 Å². The van der Waals surface area contributed by atoms with Crippen LogP contribution in [0.3, 0.4) is 0 Å². The van der Waals surface area contributed by atoms with Crippen LogP contribution in [-0.4, -0.2) is 12.8 Å². The van der Waals surface area contributed by atoms with Gasteiger partial charge in [0.15, 0.2) is 0 Å². The average molecular weight is 158 g/mol. The van der Waals surface area contributed by atoms with Crippen LogP contribution in [0.2, 0.25) is 0 Å². The lowest BCUT2D eigenvalue weighted by Gasteiger charge is -2.06. The maximum Gasteiger partial charge on any atom is 0.0855 e. The highest BCUT2D eigenvalue weighted by Crippen LogP contribution is 2.14. The monoisotopic (exact) mass is 158 g/mol. The molecule has 2 heteroatoms. The number of aliphatic imine (C=N–C) groups is 1. The fraction of sp³-hybridized carbons (Fsp3) is 0.100. The molecule has 1 aliphatic rings. The summed E-state index contributed by atoms with van der Waals surface area (Å²) < 4.78 is 0. The Kier molecular flexibility index (Phi) is 1.90. The molecular formula is C10H10N2. The van der Waals surface area contributed by atoms with Crippen LogP contribution in [0.1, 0.15) is 5.56 Å².